The first kappa shape index (κ1) is 16.0. The molecule has 3 amide bonds. The van der Waals surface area contributed by atoms with Crippen molar-refractivity contribution in [1.82, 2.24) is 5.32 Å². The predicted molar refractivity (Wildman–Crippen MR) is 73.2 cm³/mol. The molecule has 20 heavy (non-hydrogen) atoms. The van der Waals surface area contributed by atoms with Gasteiger partial charge in [-0.2, -0.15) is 0 Å². The highest BCUT2D eigenvalue weighted by molar-refractivity contribution is 7.14. The van der Waals surface area contributed by atoms with Gasteiger partial charge in [-0.3, -0.25) is 10.1 Å². The van der Waals surface area contributed by atoms with E-state index in [1.54, 1.807) is 6.07 Å². The Bertz CT molecular complexity index is 538. The Morgan fingerprint density at radius 2 is 1.95 bits per heavy atom. The molecule has 1 aromatic heterocycles. The number of amides is 3. The van der Waals surface area contributed by atoms with Gasteiger partial charge >= 0.3 is 12.0 Å². The smallest absolute Gasteiger partial charge is 0.349 e. The lowest BCUT2D eigenvalue weighted by molar-refractivity contribution is -0.126. The minimum absolute atomic E-state index is 0.0208. The van der Waals surface area contributed by atoms with E-state index in [4.69, 9.17) is 15.6 Å². The van der Waals surface area contributed by atoms with Gasteiger partial charge in [-0.05, 0) is 18.9 Å². The number of aromatic carboxylic acids is 1. The number of ether oxygens (including phenoxy) is 1. The van der Waals surface area contributed by atoms with Crippen LogP contribution in [0.2, 0.25) is 0 Å². The first-order valence-corrected chi connectivity index (χ1v) is 6.68. The van der Waals surface area contributed by atoms with Gasteiger partial charge in [0.25, 0.3) is 5.91 Å². The summed E-state index contributed by atoms with van der Waals surface area (Å²) in [5.74, 6) is -1.60. The lowest BCUT2D eigenvalue weighted by Crippen LogP contribution is -2.42. The molecule has 0 fully saturated rings. The normalized spacial score (nSPS) is 12.0. The molecule has 0 aliphatic heterocycles. The molecule has 1 heterocycles. The fourth-order valence-electron chi connectivity index (χ4n) is 1.38. The third-order valence-electron chi connectivity index (χ3n) is 2.40. The molecule has 1 aromatic rings. The SMILES string of the molecule is CC(Oc1cc(C(C)C)sc1C(=O)O)C(=O)NC(N)=O. The van der Waals surface area contributed by atoms with Crippen molar-refractivity contribution >= 4 is 29.2 Å². The Morgan fingerprint density at radius 1 is 1.35 bits per heavy atom. The Morgan fingerprint density at radius 3 is 2.40 bits per heavy atom. The van der Waals surface area contributed by atoms with E-state index < -0.39 is 24.0 Å². The van der Waals surface area contributed by atoms with E-state index in [0.29, 0.717) is 0 Å². The van der Waals surface area contributed by atoms with Gasteiger partial charge in [0.1, 0.15) is 5.75 Å². The monoisotopic (exact) mass is 300 g/mol. The fraction of sp³-hybridized carbons (Fsp3) is 0.417. The van der Waals surface area contributed by atoms with Crippen LogP contribution in [-0.4, -0.2) is 29.1 Å². The van der Waals surface area contributed by atoms with E-state index in [9.17, 15) is 14.4 Å². The van der Waals surface area contributed by atoms with E-state index in [1.165, 1.54) is 6.92 Å². The second kappa shape index (κ2) is 6.38. The maximum Gasteiger partial charge on any atom is 0.349 e. The van der Waals surface area contributed by atoms with E-state index in [2.05, 4.69) is 0 Å². The van der Waals surface area contributed by atoms with Gasteiger partial charge in [-0.1, -0.05) is 13.8 Å². The van der Waals surface area contributed by atoms with Crippen molar-refractivity contribution in [2.45, 2.75) is 32.8 Å². The molecule has 7 nitrogen and oxygen atoms in total. The second-order valence-corrected chi connectivity index (χ2v) is 5.50. The van der Waals surface area contributed by atoms with Gasteiger partial charge < -0.3 is 15.6 Å². The highest BCUT2D eigenvalue weighted by Gasteiger charge is 2.23. The molecule has 1 atom stereocenters. The number of carbonyl (C=O) groups excluding carboxylic acids is 2. The fourth-order valence-corrected chi connectivity index (χ4v) is 2.31. The third kappa shape index (κ3) is 3.95. The minimum atomic E-state index is -1.13. The number of primary amides is 1. The number of carboxylic acid groups (broad SMARTS) is 1. The lowest BCUT2D eigenvalue weighted by atomic mass is 10.2. The van der Waals surface area contributed by atoms with Crippen molar-refractivity contribution in [3.8, 4) is 5.75 Å². The minimum Gasteiger partial charge on any atom is -0.479 e. The summed E-state index contributed by atoms with van der Waals surface area (Å²) in [5.41, 5.74) is 4.83. The Kier molecular flexibility index (Phi) is 5.09. The van der Waals surface area contributed by atoms with Crippen molar-refractivity contribution in [3.63, 3.8) is 0 Å². The van der Waals surface area contributed by atoms with Gasteiger partial charge in [0.2, 0.25) is 0 Å². The van der Waals surface area contributed by atoms with Crippen molar-refractivity contribution in [1.29, 1.82) is 0 Å². The number of rotatable bonds is 5. The first-order valence-electron chi connectivity index (χ1n) is 5.86. The van der Waals surface area contributed by atoms with E-state index >= 15 is 0 Å². The molecule has 1 unspecified atom stereocenters. The zero-order valence-corrected chi connectivity index (χ0v) is 12.1. The zero-order chi connectivity index (χ0) is 15.4. The van der Waals surface area contributed by atoms with Gasteiger partial charge in [0.05, 0.1) is 0 Å². The number of carbonyl (C=O) groups is 3. The average molecular weight is 300 g/mol. The number of urea groups is 1. The van der Waals surface area contributed by atoms with Crippen LogP contribution in [0.25, 0.3) is 0 Å². The van der Waals surface area contributed by atoms with Crippen LogP contribution in [0.4, 0.5) is 4.79 Å². The van der Waals surface area contributed by atoms with Gasteiger partial charge in [0.15, 0.2) is 11.0 Å². The number of hydrogen-bond donors (Lipinski definition) is 3. The quantitative estimate of drug-likeness (QED) is 0.762. The van der Waals surface area contributed by atoms with Crippen LogP contribution >= 0.6 is 11.3 Å². The number of nitrogens with two attached hydrogens (primary N) is 1. The second-order valence-electron chi connectivity index (χ2n) is 4.42. The maximum atomic E-state index is 11.5. The van der Waals surface area contributed by atoms with Crippen LogP contribution in [0.3, 0.4) is 0 Å². The summed E-state index contributed by atoms with van der Waals surface area (Å²) in [5, 5.41) is 11.0. The summed E-state index contributed by atoms with van der Waals surface area (Å²) in [6.07, 6.45) is -1.03. The number of nitrogens with one attached hydrogen (secondary N) is 1. The molecule has 110 valence electrons. The first-order chi connectivity index (χ1) is 9.22. The summed E-state index contributed by atoms with van der Waals surface area (Å²) >= 11 is 1.10. The van der Waals surface area contributed by atoms with Crippen LogP contribution in [-0.2, 0) is 4.79 Å². The number of hydrogen-bond acceptors (Lipinski definition) is 5. The molecule has 0 radical (unpaired) electrons. The van der Waals surface area contributed by atoms with Crippen LogP contribution < -0.4 is 15.8 Å². The Labute approximate surface area is 119 Å². The summed E-state index contributed by atoms with van der Waals surface area (Å²) in [6.45, 7) is 5.24. The van der Waals surface area contributed by atoms with Gasteiger partial charge in [0, 0.05) is 4.88 Å². The maximum absolute atomic E-state index is 11.5. The van der Waals surface area contributed by atoms with Crippen LogP contribution in [0, 0.1) is 0 Å². The highest BCUT2D eigenvalue weighted by atomic mass is 32.1. The van der Waals surface area contributed by atoms with Crippen LogP contribution in [0.5, 0.6) is 5.75 Å². The standard InChI is InChI=1S/C12H16N2O5S/c1-5(2)8-4-7(9(20-8)11(16)17)19-6(3)10(15)14-12(13)18/h4-6H,1-3H3,(H,16,17)(H3,13,14,15,18). The molecular weight excluding hydrogens is 284 g/mol. The summed E-state index contributed by atoms with van der Waals surface area (Å²) < 4.78 is 5.31. The number of imide groups is 1. The molecule has 0 saturated heterocycles. The topological polar surface area (TPSA) is 119 Å². The largest absolute Gasteiger partial charge is 0.479 e. The molecule has 1 rings (SSSR count). The van der Waals surface area contributed by atoms with E-state index in [-0.39, 0.29) is 16.5 Å². The number of thiophene rings is 1. The zero-order valence-electron chi connectivity index (χ0n) is 11.3. The van der Waals surface area contributed by atoms with Crippen LogP contribution in [0.15, 0.2) is 6.07 Å². The molecule has 0 bridgehead atoms. The van der Waals surface area contributed by atoms with E-state index in [1.807, 2.05) is 19.2 Å². The van der Waals surface area contributed by atoms with E-state index in [0.717, 1.165) is 16.2 Å². The van der Waals surface area contributed by atoms with Gasteiger partial charge in [-0.25, -0.2) is 9.59 Å². The molecule has 0 saturated carbocycles. The van der Waals surface area contributed by atoms with Crippen molar-refractivity contribution in [2.24, 2.45) is 5.73 Å². The van der Waals surface area contributed by atoms with Crippen LogP contribution in [0.1, 0.15) is 41.2 Å². The predicted octanol–water partition coefficient (Wildman–Crippen LogP) is 1.53. The summed E-state index contributed by atoms with van der Waals surface area (Å²) in [4.78, 5) is 34.1. The molecular formula is C12H16N2O5S. The molecule has 0 aliphatic carbocycles. The molecule has 0 aromatic carbocycles. The molecule has 8 heteroatoms. The Balaban J connectivity index is 2.93. The summed E-state index contributed by atoms with van der Waals surface area (Å²) in [7, 11) is 0. The lowest BCUT2D eigenvalue weighted by Gasteiger charge is -2.12. The van der Waals surface area contributed by atoms with Crippen molar-refractivity contribution < 1.29 is 24.2 Å². The average Bonchev–Trinajstić information content (AvgIpc) is 2.72. The third-order valence-corrected chi connectivity index (χ3v) is 3.80. The van der Waals surface area contributed by atoms with Crippen molar-refractivity contribution in [2.75, 3.05) is 0 Å². The Hall–Kier alpha value is -2.09. The number of carboxylic acids is 1. The van der Waals surface area contributed by atoms with Gasteiger partial charge in [-0.15, -0.1) is 11.3 Å². The molecule has 0 aliphatic rings. The molecule has 0 spiro atoms. The summed E-state index contributed by atoms with van der Waals surface area (Å²) in [6, 6.07) is 0.601. The highest BCUT2D eigenvalue weighted by Crippen LogP contribution is 2.34. The van der Waals surface area contributed by atoms with Crippen molar-refractivity contribution in [3.05, 3.63) is 15.8 Å². The molecule has 4 N–H and O–H groups in total.